The van der Waals surface area contributed by atoms with E-state index in [0.29, 0.717) is 43.6 Å². The molecule has 2 aromatic rings. The quantitative estimate of drug-likeness (QED) is 0.680. The molecule has 1 aliphatic carbocycles. The lowest BCUT2D eigenvalue weighted by Crippen LogP contribution is -2.56. The molecule has 2 unspecified atom stereocenters. The summed E-state index contributed by atoms with van der Waals surface area (Å²) < 4.78 is 14.1. The zero-order valence-electron chi connectivity index (χ0n) is 17.6. The summed E-state index contributed by atoms with van der Waals surface area (Å²) in [5.74, 6) is 0.507. The molecule has 2 aliphatic rings. The Morgan fingerprint density at radius 2 is 2.10 bits per heavy atom. The van der Waals surface area contributed by atoms with Crippen molar-refractivity contribution >= 4 is 23.7 Å². The fraction of sp³-hybridized carbons (Fsp3) is 0.500. The predicted octanol–water partition coefficient (Wildman–Crippen LogP) is 2.59. The third-order valence-electron chi connectivity index (χ3n) is 6.41. The fourth-order valence-electron chi connectivity index (χ4n) is 4.93. The van der Waals surface area contributed by atoms with E-state index in [2.05, 4.69) is 33.6 Å². The molecule has 0 amide bonds. The summed E-state index contributed by atoms with van der Waals surface area (Å²) in [5.41, 5.74) is 8.49. The molecule has 1 aromatic carbocycles. The number of rotatable bonds is 5. The van der Waals surface area contributed by atoms with Crippen LogP contribution in [0.15, 0.2) is 24.5 Å². The third kappa shape index (κ3) is 4.05. The molecule has 1 aliphatic heterocycles. The highest BCUT2D eigenvalue weighted by atomic mass is 35.5. The minimum atomic E-state index is -0.794. The Morgan fingerprint density at radius 1 is 1.32 bits per heavy atom. The van der Waals surface area contributed by atoms with Crippen molar-refractivity contribution in [2.24, 2.45) is 5.73 Å². The number of aldehydes is 1. The Hall–Kier alpha value is -2.13. The number of carbonyl (C=O) groups excluding carboxylic acids is 1. The highest BCUT2D eigenvalue weighted by molar-refractivity contribution is 6.30. The van der Waals surface area contributed by atoms with Crippen LogP contribution in [-0.4, -0.2) is 58.0 Å². The maximum absolute atomic E-state index is 14.1. The van der Waals surface area contributed by atoms with E-state index in [-0.39, 0.29) is 17.0 Å². The molecule has 1 aromatic heterocycles. The van der Waals surface area contributed by atoms with Gasteiger partial charge in [-0.3, -0.25) is 4.90 Å². The Balaban J connectivity index is 1.60. The highest BCUT2D eigenvalue weighted by Gasteiger charge is 2.37. The topological polar surface area (TPSA) is 95.6 Å². The van der Waals surface area contributed by atoms with Crippen LogP contribution in [-0.2, 0) is 4.79 Å². The first-order valence-electron chi connectivity index (χ1n) is 10.5. The number of aromatic nitrogens is 2. The molecular weight excluding hydrogens is 421 g/mol. The lowest BCUT2D eigenvalue weighted by atomic mass is 9.96. The largest absolute Gasteiger partial charge is 0.387 e. The van der Waals surface area contributed by atoms with Crippen LogP contribution in [0.5, 0.6) is 0 Å². The molecule has 0 saturated carbocycles. The number of hydrogen-bond donors (Lipinski definition) is 2. The summed E-state index contributed by atoms with van der Waals surface area (Å²) in [6.45, 7) is 6.06. The van der Waals surface area contributed by atoms with E-state index < -0.39 is 24.0 Å². The molecule has 31 heavy (non-hydrogen) atoms. The van der Waals surface area contributed by atoms with E-state index in [1.807, 2.05) is 0 Å². The number of carbonyl (C=O) groups is 1. The van der Waals surface area contributed by atoms with E-state index in [4.69, 9.17) is 17.3 Å². The Morgan fingerprint density at radius 3 is 2.77 bits per heavy atom. The van der Waals surface area contributed by atoms with Gasteiger partial charge in [0.05, 0.1) is 28.9 Å². The predicted molar refractivity (Wildman–Crippen MR) is 117 cm³/mol. The van der Waals surface area contributed by atoms with Crippen LogP contribution in [0.1, 0.15) is 55.2 Å². The third-order valence-corrected chi connectivity index (χ3v) is 6.72. The average molecular weight is 448 g/mol. The standard InChI is InChI=1S/C22H27ClFN5O2/c1-12-7-18(31)20-19(12)22(27-11-26-20)29-6-5-28(9-13(29)2)21(17(25)10-30)14-3-4-15(23)16(24)8-14/h3-4,8,10-13,17-18,21,31H,5-7,9,25H2,1-2H3/t12-,13+,17+,18?,21?/m1/s1. The van der Waals surface area contributed by atoms with Crippen molar-refractivity contribution in [3.05, 3.63) is 52.2 Å². The minimum absolute atomic E-state index is 0.0364. The van der Waals surface area contributed by atoms with Crippen LogP contribution in [0.2, 0.25) is 5.02 Å². The molecule has 0 spiro atoms. The van der Waals surface area contributed by atoms with Crippen molar-refractivity contribution < 1.29 is 14.3 Å². The lowest BCUT2D eigenvalue weighted by molar-refractivity contribution is -0.110. The molecule has 1 saturated heterocycles. The Bertz CT molecular complexity index is 977. The highest BCUT2D eigenvalue weighted by Crippen LogP contribution is 2.43. The molecule has 7 nitrogen and oxygen atoms in total. The Kier molecular flexibility index (Phi) is 6.25. The second-order valence-electron chi connectivity index (χ2n) is 8.52. The van der Waals surface area contributed by atoms with Crippen LogP contribution in [0.25, 0.3) is 0 Å². The van der Waals surface area contributed by atoms with Crippen molar-refractivity contribution in [1.82, 2.24) is 14.9 Å². The normalized spacial score (nSPS) is 25.9. The van der Waals surface area contributed by atoms with Crippen molar-refractivity contribution in [2.45, 2.75) is 50.4 Å². The van der Waals surface area contributed by atoms with E-state index in [9.17, 15) is 14.3 Å². The monoisotopic (exact) mass is 447 g/mol. The van der Waals surface area contributed by atoms with Crippen LogP contribution in [0, 0.1) is 5.82 Å². The van der Waals surface area contributed by atoms with Gasteiger partial charge in [0, 0.05) is 31.2 Å². The molecule has 3 N–H and O–H groups in total. The van der Waals surface area contributed by atoms with Gasteiger partial charge in [-0.25, -0.2) is 14.4 Å². The van der Waals surface area contributed by atoms with E-state index in [1.165, 1.54) is 18.5 Å². The van der Waals surface area contributed by atoms with Crippen molar-refractivity contribution in [3.8, 4) is 0 Å². The number of fused-ring (bicyclic) bond motifs is 1. The van der Waals surface area contributed by atoms with Gasteiger partial charge >= 0.3 is 0 Å². The molecule has 9 heteroatoms. The summed E-state index contributed by atoms with van der Waals surface area (Å²) in [5, 5.41) is 10.3. The molecule has 4 rings (SSSR count). The van der Waals surface area contributed by atoms with Gasteiger partial charge in [-0.2, -0.15) is 0 Å². The number of aliphatic hydroxyl groups excluding tert-OH is 1. The number of piperazine rings is 1. The number of aliphatic hydroxyl groups is 1. The second-order valence-corrected chi connectivity index (χ2v) is 8.93. The van der Waals surface area contributed by atoms with Gasteiger partial charge in [0.25, 0.3) is 0 Å². The van der Waals surface area contributed by atoms with E-state index >= 15 is 0 Å². The number of nitrogens with two attached hydrogens (primary N) is 1. The number of nitrogens with zero attached hydrogens (tertiary/aromatic N) is 4. The van der Waals surface area contributed by atoms with Crippen LogP contribution < -0.4 is 10.6 Å². The Labute approximate surface area is 186 Å². The molecule has 0 bridgehead atoms. The first kappa shape index (κ1) is 22.1. The van der Waals surface area contributed by atoms with Crippen molar-refractivity contribution in [3.63, 3.8) is 0 Å². The molecule has 166 valence electrons. The summed E-state index contributed by atoms with van der Waals surface area (Å²) in [4.78, 5) is 24.7. The SMILES string of the molecule is C[C@@H]1CC(O)c2ncnc(N3CCN(C(c4ccc(Cl)c(F)c4)[C@@H](N)C=O)C[C@@H]3C)c21. The minimum Gasteiger partial charge on any atom is -0.387 e. The first-order valence-corrected chi connectivity index (χ1v) is 10.9. The lowest BCUT2D eigenvalue weighted by Gasteiger charge is -2.45. The summed E-state index contributed by atoms with van der Waals surface area (Å²) in [6.07, 6.45) is 2.30. The van der Waals surface area contributed by atoms with Gasteiger partial charge in [-0.15, -0.1) is 0 Å². The molecule has 0 radical (unpaired) electrons. The summed E-state index contributed by atoms with van der Waals surface area (Å²) in [7, 11) is 0. The van der Waals surface area contributed by atoms with Crippen molar-refractivity contribution in [1.29, 1.82) is 0 Å². The fourth-order valence-corrected chi connectivity index (χ4v) is 5.05. The van der Waals surface area contributed by atoms with Gasteiger partial charge in [0.1, 0.15) is 24.2 Å². The van der Waals surface area contributed by atoms with Gasteiger partial charge in [0.2, 0.25) is 0 Å². The van der Waals surface area contributed by atoms with E-state index in [0.717, 1.165) is 11.4 Å². The number of anilines is 1. The zero-order valence-corrected chi connectivity index (χ0v) is 18.3. The molecule has 2 heterocycles. The van der Waals surface area contributed by atoms with Gasteiger partial charge < -0.3 is 20.5 Å². The van der Waals surface area contributed by atoms with Crippen molar-refractivity contribution in [2.75, 3.05) is 24.5 Å². The molecule has 1 fully saturated rings. The summed E-state index contributed by atoms with van der Waals surface area (Å²) in [6, 6.07) is 3.39. The second kappa shape index (κ2) is 8.78. The molecule has 5 atom stereocenters. The molecular formula is C22H27ClFN5O2. The smallest absolute Gasteiger partial charge is 0.142 e. The van der Waals surface area contributed by atoms with Gasteiger partial charge in [0.15, 0.2) is 0 Å². The zero-order chi connectivity index (χ0) is 22.3. The van der Waals surface area contributed by atoms with Gasteiger partial charge in [-0.1, -0.05) is 24.6 Å². The number of halogens is 2. The van der Waals surface area contributed by atoms with Gasteiger partial charge in [-0.05, 0) is 37.0 Å². The number of hydrogen-bond acceptors (Lipinski definition) is 7. The number of benzene rings is 1. The maximum atomic E-state index is 14.1. The maximum Gasteiger partial charge on any atom is 0.142 e. The summed E-state index contributed by atoms with van der Waals surface area (Å²) >= 11 is 5.84. The van der Waals surface area contributed by atoms with E-state index in [1.54, 1.807) is 6.07 Å². The average Bonchev–Trinajstić information content (AvgIpc) is 3.05. The first-order chi connectivity index (χ1) is 14.8. The van der Waals surface area contributed by atoms with Crippen LogP contribution in [0.3, 0.4) is 0 Å². The van der Waals surface area contributed by atoms with Crippen LogP contribution in [0.4, 0.5) is 10.2 Å². The van der Waals surface area contributed by atoms with Crippen LogP contribution >= 0.6 is 11.6 Å².